The van der Waals surface area contributed by atoms with Crippen molar-refractivity contribution in [1.82, 2.24) is 0 Å². The molecule has 5 atom stereocenters. The Labute approximate surface area is 191 Å². The summed E-state index contributed by atoms with van der Waals surface area (Å²) in [4.78, 5) is 26.4. The van der Waals surface area contributed by atoms with Gasteiger partial charge in [0.2, 0.25) is 6.29 Å². The van der Waals surface area contributed by atoms with Crippen LogP contribution in [0.15, 0.2) is 18.2 Å². The molecule has 2 aromatic carbocycles. The highest BCUT2D eigenvalue weighted by Crippen LogP contribution is 2.44. The van der Waals surface area contributed by atoms with Crippen LogP contribution in [0.5, 0.6) is 23.0 Å². The van der Waals surface area contributed by atoms with E-state index < -0.39 is 72.5 Å². The molecule has 0 unspecified atom stereocenters. The molecule has 7 N–H and O–H groups in total. The summed E-state index contributed by atoms with van der Waals surface area (Å²) in [6.07, 6.45) is -8.10. The van der Waals surface area contributed by atoms with Gasteiger partial charge in [0, 0.05) is 11.1 Å². The largest absolute Gasteiger partial charge is 0.504 e. The average molecular weight is 478 g/mol. The van der Waals surface area contributed by atoms with Gasteiger partial charge in [0.1, 0.15) is 35.9 Å². The lowest BCUT2D eigenvalue weighted by molar-refractivity contribution is -0.277. The monoisotopic (exact) mass is 478 g/mol. The van der Waals surface area contributed by atoms with Crippen LogP contribution in [0.3, 0.4) is 0 Å². The molecule has 2 aliphatic rings. The molecule has 1 heterocycles. The summed E-state index contributed by atoms with van der Waals surface area (Å²) in [6, 6.07) is 3.29. The lowest BCUT2D eigenvalue weighted by Gasteiger charge is -2.39. The van der Waals surface area contributed by atoms with Crippen molar-refractivity contribution in [3.05, 3.63) is 46.0 Å². The molecule has 0 spiro atoms. The third-order valence-corrected chi connectivity index (χ3v) is 5.90. The Morgan fingerprint density at radius 3 is 2.24 bits per heavy atom. The molecule has 1 saturated heterocycles. The summed E-state index contributed by atoms with van der Waals surface area (Å²) in [5.74, 6) is -3.45. The average Bonchev–Trinajstić information content (AvgIpc) is 2.83. The van der Waals surface area contributed by atoms with Gasteiger partial charge in [0.25, 0.3) is 0 Å². The Hall–Kier alpha value is -3.26. The number of aliphatic hydroxyl groups is 5. The van der Waals surface area contributed by atoms with E-state index in [1.165, 1.54) is 13.2 Å². The van der Waals surface area contributed by atoms with E-state index in [0.29, 0.717) is 0 Å². The zero-order valence-corrected chi connectivity index (χ0v) is 17.7. The molecule has 1 aliphatic heterocycles. The first-order valence-electron chi connectivity index (χ1n) is 10.1. The first kappa shape index (κ1) is 23.9. The van der Waals surface area contributed by atoms with E-state index in [2.05, 4.69) is 0 Å². The number of aromatic hydroxyl groups is 2. The van der Waals surface area contributed by atoms with E-state index in [1.54, 1.807) is 0 Å². The fraction of sp³-hybridized carbons (Fsp3) is 0.364. The van der Waals surface area contributed by atoms with E-state index in [4.69, 9.17) is 14.2 Å². The highest BCUT2D eigenvalue weighted by molar-refractivity contribution is 6.30. The Morgan fingerprint density at radius 1 is 0.941 bits per heavy atom. The molecule has 34 heavy (non-hydrogen) atoms. The molecule has 12 heteroatoms. The number of ether oxygens (including phenoxy) is 3. The number of phenols is 2. The second-order valence-electron chi connectivity index (χ2n) is 7.80. The number of carbonyl (C=O) groups is 2. The maximum atomic E-state index is 13.2. The zero-order chi connectivity index (χ0) is 24.9. The van der Waals surface area contributed by atoms with E-state index >= 15 is 0 Å². The Bertz CT molecular complexity index is 1160. The van der Waals surface area contributed by atoms with Crippen molar-refractivity contribution in [2.75, 3.05) is 13.7 Å². The number of phenolic OH excluding ortho intramolecular Hbond substituents is 2. The maximum absolute atomic E-state index is 13.2. The highest BCUT2D eigenvalue weighted by Gasteiger charge is 2.45. The predicted molar refractivity (Wildman–Crippen MR) is 110 cm³/mol. The van der Waals surface area contributed by atoms with E-state index in [1.807, 2.05) is 0 Å². The number of carbonyl (C=O) groups excluding carboxylic acids is 2. The minimum absolute atomic E-state index is 0.0918. The molecule has 1 aliphatic carbocycles. The molecule has 1 fully saturated rings. The second kappa shape index (κ2) is 8.83. The van der Waals surface area contributed by atoms with Gasteiger partial charge in [-0.05, 0) is 18.2 Å². The number of methoxy groups -OCH3 is 1. The normalized spacial score (nSPS) is 26.1. The van der Waals surface area contributed by atoms with Crippen LogP contribution in [0.1, 0.15) is 37.4 Å². The van der Waals surface area contributed by atoms with Crippen molar-refractivity contribution in [1.29, 1.82) is 0 Å². The van der Waals surface area contributed by atoms with Crippen molar-refractivity contribution < 1.29 is 59.5 Å². The maximum Gasteiger partial charge on any atom is 0.229 e. The van der Waals surface area contributed by atoms with Crippen LogP contribution in [0.2, 0.25) is 0 Å². The number of hydrogen-bond acceptors (Lipinski definition) is 12. The molecular weight excluding hydrogens is 456 g/mol. The highest BCUT2D eigenvalue weighted by atomic mass is 16.7. The van der Waals surface area contributed by atoms with Gasteiger partial charge in [-0.1, -0.05) is 0 Å². The summed E-state index contributed by atoms with van der Waals surface area (Å²) < 4.78 is 16.2. The smallest absolute Gasteiger partial charge is 0.229 e. The fourth-order valence-corrected chi connectivity index (χ4v) is 4.12. The number of benzene rings is 2. The minimum atomic E-state index is -1.79. The van der Waals surface area contributed by atoms with Crippen molar-refractivity contribution in [2.24, 2.45) is 0 Å². The topological polar surface area (TPSA) is 203 Å². The van der Waals surface area contributed by atoms with Gasteiger partial charge in [-0.15, -0.1) is 0 Å². The number of hydrogen-bond donors (Lipinski definition) is 7. The summed E-state index contributed by atoms with van der Waals surface area (Å²) in [7, 11) is 1.19. The molecule has 0 amide bonds. The quantitative estimate of drug-likeness (QED) is 0.211. The number of rotatable bonds is 5. The third kappa shape index (κ3) is 3.48. The van der Waals surface area contributed by atoms with Crippen molar-refractivity contribution >= 4 is 11.6 Å². The summed E-state index contributed by atoms with van der Waals surface area (Å²) in [5.41, 5.74) is -1.21. The van der Waals surface area contributed by atoms with Gasteiger partial charge >= 0.3 is 0 Å². The van der Waals surface area contributed by atoms with Crippen molar-refractivity contribution in [2.45, 2.75) is 37.3 Å². The van der Waals surface area contributed by atoms with Crippen LogP contribution in [-0.4, -0.2) is 91.7 Å². The van der Waals surface area contributed by atoms with Crippen LogP contribution < -0.4 is 9.47 Å². The third-order valence-electron chi connectivity index (χ3n) is 5.90. The van der Waals surface area contributed by atoms with Gasteiger partial charge in [-0.25, -0.2) is 0 Å². The van der Waals surface area contributed by atoms with E-state index in [-0.39, 0.29) is 33.8 Å². The van der Waals surface area contributed by atoms with Crippen molar-refractivity contribution in [3.63, 3.8) is 0 Å². The Balaban J connectivity index is 1.85. The summed E-state index contributed by atoms with van der Waals surface area (Å²) in [6.45, 7) is -1.45. The number of aliphatic hydroxyl groups excluding tert-OH is 5. The Kier molecular flexibility index (Phi) is 6.20. The van der Waals surface area contributed by atoms with Crippen LogP contribution >= 0.6 is 0 Å². The molecule has 2 aromatic rings. The van der Waals surface area contributed by atoms with Crippen molar-refractivity contribution in [3.8, 4) is 23.0 Å². The molecule has 182 valence electrons. The van der Waals surface area contributed by atoms with Gasteiger partial charge in [0.05, 0.1) is 37.0 Å². The van der Waals surface area contributed by atoms with Crippen LogP contribution in [0.4, 0.5) is 0 Å². The van der Waals surface area contributed by atoms with Gasteiger partial charge in [0.15, 0.2) is 23.1 Å². The number of ketones is 2. The molecule has 0 bridgehead atoms. The number of fused-ring (bicyclic) bond motifs is 2. The zero-order valence-electron chi connectivity index (χ0n) is 17.7. The SMILES string of the molecule is COc1c(CO)c(O[C@@H]2O[C@H](CO)[C@@H](O)[C@H](O)[C@H]2O)cc2c1C(=O)c1ccc(O)c(O)c1C2=O. The summed E-state index contributed by atoms with van der Waals surface area (Å²) in [5, 5.41) is 69.6. The lowest BCUT2D eigenvalue weighted by atomic mass is 9.81. The molecule has 0 aromatic heterocycles. The minimum Gasteiger partial charge on any atom is -0.504 e. The molecular formula is C22H22O12. The summed E-state index contributed by atoms with van der Waals surface area (Å²) >= 11 is 0. The van der Waals surface area contributed by atoms with E-state index in [0.717, 1.165) is 12.1 Å². The first-order valence-corrected chi connectivity index (χ1v) is 10.1. The lowest BCUT2D eigenvalue weighted by Crippen LogP contribution is -2.60. The fourth-order valence-electron chi connectivity index (χ4n) is 4.12. The first-order chi connectivity index (χ1) is 16.2. The van der Waals surface area contributed by atoms with Crippen LogP contribution in [-0.2, 0) is 11.3 Å². The van der Waals surface area contributed by atoms with Gasteiger partial charge in [-0.3, -0.25) is 9.59 Å². The van der Waals surface area contributed by atoms with Crippen LogP contribution in [0.25, 0.3) is 0 Å². The standard InChI is InChI=1S/C22H22O12/c1-32-21-9(5-23)11(33-22-20(31)19(30)18(29)12(6-24)34-22)4-8-14(21)15(26)7-2-3-10(25)17(28)13(7)16(8)27/h2-4,12,18-20,22-25,28-31H,5-6H2,1H3/t12-,18-,19+,20-,22-/m1/s1. The predicted octanol–water partition coefficient (Wildman–Crippen LogP) is -1.45. The Morgan fingerprint density at radius 2 is 1.62 bits per heavy atom. The second-order valence-corrected chi connectivity index (χ2v) is 7.80. The van der Waals surface area contributed by atoms with E-state index in [9.17, 15) is 45.3 Å². The molecule has 0 radical (unpaired) electrons. The van der Waals surface area contributed by atoms with Gasteiger partial charge in [-0.2, -0.15) is 0 Å². The van der Waals surface area contributed by atoms with Gasteiger partial charge < -0.3 is 50.0 Å². The molecule has 0 saturated carbocycles. The molecule has 4 rings (SSSR count). The molecule has 12 nitrogen and oxygen atoms in total. The van der Waals surface area contributed by atoms with Crippen LogP contribution in [0, 0.1) is 0 Å².